The fourth-order valence-corrected chi connectivity index (χ4v) is 5.80. The van der Waals surface area contributed by atoms with E-state index in [4.69, 9.17) is 9.47 Å². The second kappa shape index (κ2) is 11.6. The highest BCUT2D eigenvalue weighted by Gasteiger charge is 2.35. The van der Waals surface area contributed by atoms with Crippen LogP contribution in [0.1, 0.15) is 102 Å². The molecule has 3 atom stereocenters. The Labute approximate surface area is 201 Å². The fourth-order valence-electron chi connectivity index (χ4n) is 5.05. The number of hydrogen-bond donors (Lipinski definition) is 2. The number of benzene rings is 1. The molecule has 0 radical (unpaired) electrons. The van der Waals surface area contributed by atoms with Crippen LogP contribution < -0.4 is 9.47 Å². The Balaban J connectivity index is 2.05. The van der Waals surface area contributed by atoms with Gasteiger partial charge in [0.2, 0.25) is 0 Å². The van der Waals surface area contributed by atoms with Crippen molar-refractivity contribution in [2.24, 2.45) is 11.8 Å². The fraction of sp³-hybridized carbons (Fsp3) is 0.778. The molecule has 6 heteroatoms. The molecule has 33 heavy (non-hydrogen) atoms. The lowest BCUT2D eigenvalue weighted by molar-refractivity contribution is 0.0510. The van der Waals surface area contributed by atoms with Crippen LogP contribution in [0.3, 0.4) is 0 Å². The van der Waals surface area contributed by atoms with Crippen molar-refractivity contribution in [1.82, 2.24) is 0 Å². The SMILES string of the molecule is Cc1c(C)c2c(c(C)c1OC(C)CP(=O)(O)O)CCC(C)(CCCC(C)CCCC(C)C)O2. The van der Waals surface area contributed by atoms with Crippen molar-refractivity contribution in [3.8, 4) is 11.5 Å². The minimum absolute atomic E-state index is 0.148. The minimum Gasteiger partial charge on any atom is -0.489 e. The van der Waals surface area contributed by atoms with E-state index < -0.39 is 13.7 Å². The number of rotatable bonds is 12. The Morgan fingerprint density at radius 2 is 1.64 bits per heavy atom. The van der Waals surface area contributed by atoms with E-state index in [1.165, 1.54) is 37.7 Å². The lowest BCUT2D eigenvalue weighted by Crippen LogP contribution is -2.37. The van der Waals surface area contributed by atoms with Gasteiger partial charge in [0.25, 0.3) is 0 Å². The molecule has 0 fully saturated rings. The summed E-state index contributed by atoms with van der Waals surface area (Å²) < 4.78 is 24.1. The molecule has 0 aliphatic carbocycles. The number of fused-ring (bicyclic) bond motifs is 1. The maximum atomic E-state index is 11.4. The predicted octanol–water partition coefficient (Wildman–Crippen LogP) is 7.27. The molecule has 2 N–H and O–H groups in total. The van der Waals surface area contributed by atoms with Crippen LogP contribution in [0.25, 0.3) is 0 Å². The molecule has 2 rings (SSSR count). The maximum Gasteiger partial charge on any atom is 0.329 e. The third-order valence-corrected chi connectivity index (χ3v) is 8.25. The zero-order valence-corrected chi connectivity index (χ0v) is 23.1. The minimum atomic E-state index is -4.12. The predicted molar refractivity (Wildman–Crippen MR) is 137 cm³/mol. The standard InChI is InChI=1S/C27H47O5P/c1-18(2)11-9-12-19(3)13-10-15-27(8)16-14-24-23(7)25(21(5)22(6)26(24)32-27)31-20(4)17-33(28,29)30/h18-20H,9-17H2,1-8H3,(H2,28,29,30). The molecule has 1 aliphatic rings. The first-order valence-corrected chi connectivity index (χ1v) is 14.5. The van der Waals surface area contributed by atoms with Gasteiger partial charge < -0.3 is 19.3 Å². The second-order valence-electron chi connectivity index (χ2n) is 11.2. The van der Waals surface area contributed by atoms with Crippen LogP contribution in [0.4, 0.5) is 0 Å². The summed E-state index contributed by atoms with van der Waals surface area (Å²) in [5, 5.41) is 0. The molecule has 0 aromatic heterocycles. The quantitative estimate of drug-likeness (QED) is 0.306. The summed E-state index contributed by atoms with van der Waals surface area (Å²) in [6.45, 7) is 17.1. The molecule has 0 bridgehead atoms. The molecule has 5 nitrogen and oxygen atoms in total. The van der Waals surface area contributed by atoms with E-state index in [-0.39, 0.29) is 11.8 Å². The van der Waals surface area contributed by atoms with Crippen molar-refractivity contribution in [2.75, 3.05) is 6.16 Å². The van der Waals surface area contributed by atoms with Crippen LogP contribution in [0.15, 0.2) is 0 Å². The smallest absolute Gasteiger partial charge is 0.329 e. The third kappa shape index (κ3) is 8.30. The van der Waals surface area contributed by atoms with Gasteiger partial charge in [-0.15, -0.1) is 0 Å². The Kier molecular flexibility index (Phi) is 9.92. The molecule has 3 unspecified atom stereocenters. The molecule has 190 valence electrons. The van der Waals surface area contributed by atoms with Crippen LogP contribution in [-0.2, 0) is 11.0 Å². The summed E-state index contributed by atoms with van der Waals surface area (Å²) in [6.07, 6.45) is 8.55. The van der Waals surface area contributed by atoms with Crippen molar-refractivity contribution in [1.29, 1.82) is 0 Å². The molecule has 1 aromatic rings. The van der Waals surface area contributed by atoms with Crippen molar-refractivity contribution < 1.29 is 23.8 Å². The van der Waals surface area contributed by atoms with Crippen molar-refractivity contribution in [3.05, 3.63) is 22.3 Å². The van der Waals surface area contributed by atoms with Crippen LogP contribution in [0, 0.1) is 32.6 Å². The molecule has 0 spiro atoms. The largest absolute Gasteiger partial charge is 0.489 e. The van der Waals surface area contributed by atoms with Gasteiger partial charge in [-0.2, -0.15) is 0 Å². The van der Waals surface area contributed by atoms with Gasteiger partial charge in [0, 0.05) is 5.56 Å². The Bertz CT molecular complexity index is 844. The zero-order chi connectivity index (χ0) is 25.0. The lowest BCUT2D eigenvalue weighted by Gasteiger charge is -2.38. The highest BCUT2D eigenvalue weighted by atomic mass is 31.2. The molecule has 0 saturated carbocycles. The molecule has 1 heterocycles. The Hall–Kier alpha value is -1.03. The summed E-state index contributed by atoms with van der Waals surface area (Å²) >= 11 is 0. The van der Waals surface area contributed by atoms with Gasteiger partial charge in [0.05, 0.1) is 6.16 Å². The molecule has 0 amide bonds. The number of hydrogen-bond acceptors (Lipinski definition) is 3. The van der Waals surface area contributed by atoms with Crippen molar-refractivity contribution in [2.45, 2.75) is 118 Å². The number of ether oxygens (including phenoxy) is 2. The van der Waals surface area contributed by atoms with Gasteiger partial charge in [0.1, 0.15) is 23.2 Å². The van der Waals surface area contributed by atoms with Gasteiger partial charge in [0.15, 0.2) is 0 Å². The molecule has 0 saturated heterocycles. The van der Waals surface area contributed by atoms with Crippen molar-refractivity contribution >= 4 is 7.60 Å². The Morgan fingerprint density at radius 3 is 2.24 bits per heavy atom. The van der Waals surface area contributed by atoms with E-state index in [1.807, 2.05) is 13.8 Å². The zero-order valence-electron chi connectivity index (χ0n) is 22.2. The monoisotopic (exact) mass is 482 g/mol. The summed E-state index contributed by atoms with van der Waals surface area (Å²) in [4.78, 5) is 18.6. The highest BCUT2D eigenvalue weighted by molar-refractivity contribution is 7.51. The van der Waals surface area contributed by atoms with E-state index in [0.29, 0.717) is 0 Å². The first-order valence-electron chi connectivity index (χ1n) is 12.7. The van der Waals surface area contributed by atoms with Gasteiger partial charge in [-0.05, 0) is 88.8 Å². The average Bonchev–Trinajstić information content (AvgIpc) is 2.68. The van der Waals surface area contributed by atoms with Gasteiger partial charge in [-0.25, -0.2) is 0 Å². The molecular formula is C27H47O5P. The normalized spacial score (nSPS) is 20.3. The van der Waals surface area contributed by atoms with E-state index in [0.717, 1.165) is 59.3 Å². The van der Waals surface area contributed by atoms with E-state index in [9.17, 15) is 14.4 Å². The molecular weight excluding hydrogens is 435 g/mol. The van der Waals surface area contributed by atoms with Gasteiger partial charge in [-0.1, -0.05) is 46.5 Å². The summed E-state index contributed by atoms with van der Waals surface area (Å²) in [7, 11) is -4.12. The van der Waals surface area contributed by atoms with E-state index >= 15 is 0 Å². The Morgan fingerprint density at radius 1 is 1.00 bits per heavy atom. The molecule has 1 aromatic carbocycles. The summed E-state index contributed by atoms with van der Waals surface area (Å²) in [5.41, 5.74) is 4.13. The van der Waals surface area contributed by atoms with E-state index in [2.05, 4.69) is 34.6 Å². The van der Waals surface area contributed by atoms with E-state index in [1.54, 1.807) is 6.92 Å². The summed E-state index contributed by atoms with van der Waals surface area (Å²) in [6, 6.07) is 0. The maximum absolute atomic E-state index is 11.4. The first-order chi connectivity index (χ1) is 15.2. The average molecular weight is 483 g/mol. The van der Waals surface area contributed by atoms with Crippen molar-refractivity contribution in [3.63, 3.8) is 0 Å². The van der Waals surface area contributed by atoms with Crippen LogP contribution in [0.2, 0.25) is 0 Å². The third-order valence-electron chi connectivity index (χ3n) is 7.26. The van der Waals surface area contributed by atoms with Gasteiger partial charge in [-0.3, -0.25) is 4.57 Å². The lowest BCUT2D eigenvalue weighted by atomic mass is 9.84. The van der Waals surface area contributed by atoms with Crippen LogP contribution in [0.5, 0.6) is 11.5 Å². The van der Waals surface area contributed by atoms with Gasteiger partial charge >= 0.3 is 7.60 Å². The van der Waals surface area contributed by atoms with Crippen LogP contribution in [-0.4, -0.2) is 27.7 Å². The topological polar surface area (TPSA) is 76.0 Å². The van der Waals surface area contributed by atoms with Crippen LogP contribution >= 0.6 is 7.60 Å². The highest BCUT2D eigenvalue weighted by Crippen LogP contribution is 2.46. The summed E-state index contributed by atoms with van der Waals surface area (Å²) in [5.74, 6) is 3.29. The second-order valence-corrected chi connectivity index (χ2v) is 12.9. The first kappa shape index (κ1) is 28.2. The molecule has 1 aliphatic heterocycles.